The van der Waals surface area contributed by atoms with E-state index >= 15 is 0 Å². The molecular weight excluding hydrogens is 1450 g/mol. The van der Waals surface area contributed by atoms with Gasteiger partial charge in [0, 0.05) is 123 Å². The van der Waals surface area contributed by atoms with Crippen molar-refractivity contribution in [2.24, 2.45) is 5.92 Å². The standard InChI is InChI=1S/C22H26N2O2S.C17H25N3O2S.C17H22N2O2.C15H19N5.C15H22N2O2S/c1-24-12-5-6-19(24)15-18-16-23-22-10-9-17(14-21(18)22)11-13-27(25,26)20-7-3-2-4-8-20;1-18-23(21,22)10-7-13-3-4-17-15(11-13)16(12-19-17)14-5-8-20(2)9-6-14;1-19(2)6-5-14-10-18-16-4-3-12(8-15(14)16)7-13-9-17(20)21-11-13;1-19(2)6-5-13-8-17-15-4-3-12(7-14(13)15)9-20-11-16-10-18-20;1-4-20(18,19)11-12-5-6-15-14(9-12)13(10-16-15)7-8-17(2)3/h2-4,7-10,14,16,19,23H,5-6,11-13,15H2,1H3;3-4,11-12,14,18-19H,5-10H2,1-2H3;3-4,8,10,13,18H,5-7,9,11H2,1-2H3;3-4,7-8,10-11,17H,5-6,9H2,1-2H3;5-6,9-10,16H,4,7-8,11H2,1-3H3/t19-;;13-;;/m1.1../s1. The number of hydrogen-bond donors (Lipinski definition) is 6. The Kier molecular flexibility index (Phi) is 29.0. The molecule has 22 nitrogen and oxygen atoms in total. The molecular formula is C86H114N14O8S3. The van der Waals surface area contributed by atoms with Gasteiger partial charge in [0.15, 0.2) is 19.7 Å². The number of benzene rings is 6. The highest BCUT2D eigenvalue weighted by atomic mass is 32.2. The van der Waals surface area contributed by atoms with Gasteiger partial charge in [0.2, 0.25) is 10.0 Å². The van der Waals surface area contributed by atoms with Crippen LogP contribution in [0.4, 0.5) is 0 Å². The predicted octanol–water partition coefficient (Wildman–Crippen LogP) is 12.4. The summed E-state index contributed by atoms with van der Waals surface area (Å²) in [5, 5.41) is 10.4. The van der Waals surface area contributed by atoms with Crippen LogP contribution in [-0.2, 0) is 96.5 Å². The largest absolute Gasteiger partial charge is 0.465 e. The topological polar surface area (TPSA) is 267 Å². The fourth-order valence-corrected chi connectivity index (χ4v) is 17.8. The number of nitrogens with one attached hydrogen (secondary N) is 6. The molecule has 0 spiro atoms. The molecule has 12 aromatic rings. The minimum Gasteiger partial charge on any atom is -0.465 e. The van der Waals surface area contributed by atoms with Crippen LogP contribution in [0.15, 0.2) is 170 Å². The highest BCUT2D eigenvalue weighted by Crippen LogP contribution is 2.35. The van der Waals surface area contributed by atoms with Gasteiger partial charge in [-0.3, -0.25) is 4.79 Å². The van der Waals surface area contributed by atoms with Crippen molar-refractivity contribution in [2.45, 2.75) is 113 Å². The summed E-state index contributed by atoms with van der Waals surface area (Å²) >= 11 is 0. The van der Waals surface area contributed by atoms with E-state index < -0.39 is 29.7 Å². The van der Waals surface area contributed by atoms with Crippen molar-refractivity contribution in [3.8, 4) is 0 Å². The number of hydrogen-bond acceptors (Lipinski definition) is 15. The first-order chi connectivity index (χ1) is 53.3. The van der Waals surface area contributed by atoms with Gasteiger partial charge >= 0.3 is 5.97 Å². The average Bonchev–Trinajstić information content (AvgIpc) is 1.69. The maximum atomic E-state index is 12.5. The number of aromatic amines is 5. The minimum absolute atomic E-state index is 0.0607. The molecule has 0 aliphatic carbocycles. The first kappa shape index (κ1) is 83.2. The molecule has 0 unspecified atom stereocenters. The summed E-state index contributed by atoms with van der Waals surface area (Å²) in [6, 6.07) is 40.8. The fraction of sp³-hybridized carbons (Fsp3) is 0.430. The number of H-pyrrole nitrogens is 5. The number of carbonyl (C=O) groups excluding carboxylic acids is 1. The van der Waals surface area contributed by atoms with Crippen LogP contribution in [-0.4, -0.2) is 228 Å². The molecule has 2 atom stereocenters. The molecule has 594 valence electrons. The minimum atomic E-state index is -3.25. The molecule has 15 rings (SSSR count). The molecule has 0 radical (unpaired) electrons. The number of sulfone groups is 2. The van der Waals surface area contributed by atoms with Crippen molar-refractivity contribution in [3.63, 3.8) is 0 Å². The normalized spacial score (nSPS) is 16.0. The van der Waals surface area contributed by atoms with Crippen LogP contribution in [0.3, 0.4) is 0 Å². The van der Waals surface area contributed by atoms with Crippen LogP contribution in [0, 0.1) is 5.92 Å². The molecule has 3 saturated heterocycles. The van der Waals surface area contributed by atoms with Gasteiger partial charge < -0.3 is 54.2 Å². The van der Waals surface area contributed by atoms with Crippen molar-refractivity contribution < 1.29 is 34.8 Å². The third kappa shape index (κ3) is 23.7. The highest BCUT2D eigenvalue weighted by Gasteiger charge is 2.26. The lowest BCUT2D eigenvalue weighted by Crippen LogP contribution is -2.29. The fourth-order valence-electron chi connectivity index (χ4n) is 14.9. The number of sulfonamides is 1. The van der Waals surface area contributed by atoms with Crippen LogP contribution in [0.2, 0.25) is 0 Å². The molecule has 3 fully saturated rings. The summed E-state index contributed by atoms with van der Waals surface area (Å²) in [6.07, 6.45) is 25.3. The molecule has 3 aliphatic rings. The second-order valence-electron chi connectivity index (χ2n) is 31.0. The Balaban J connectivity index is 0.000000138. The summed E-state index contributed by atoms with van der Waals surface area (Å²) < 4.78 is 81.0. The summed E-state index contributed by atoms with van der Waals surface area (Å²) in [4.78, 5) is 43.6. The Labute approximate surface area is 656 Å². The SMILES string of the molecule is CCS(=O)(=O)Cc1ccc2[nH]cc(CCN(C)C)c2c1.CN(C)CCc1c[nH]c2ccc(C[C@H]3COC(=O)C3)cc12.CN(C)CCc1c[nH]c2ccc(Cn3cncn3)cc12.CN1CCC[C@@H]1Cc1c[nH]c2ccc(CCS(=O)(=O)c3ccccc3)cc12.CNS(=O)(=O)CCc1ccc2[nH]cc(C3CCN(C)CC3)c2c1. The van der Waals surface area contributed by atoms with E-state index in [1.54, 1.807) is 43.8 Å². The van der Waals surface area contributed by atoms with Gasteiger partial charge in [-0.05, 0) is 288 Å². The number of likely N-dealkylation sites (N-methyl/N-ethyl adjacent to an activating group) is 4. The summed E-state index contributed by atoms with van der Waals surface area (Å²) in [6.45, 7) is 9.54. The van der Waals surface area contributed by atoms with Crippen molar-refractivity contribution in [2.75, 3.05) is 127 Å². The number of cyclic esters (lactones) is 1. The van der Waals surface area contributed by atoms with E-state index in [2.05, 4.69) is 192 Å². The number of carbonyl (C=O) groups is 1. The number of ether oxygens (including phenoxy) is 1. The molecule has 0 bridgehead atoms. The third-order valence-electron chi connectivity index (χ3n) is 21.7. The monoisotopic (exact) mass is 1570 g/mol. The maximum Gasteiger partial charge on any atom is 0.306 e. The molecule has 0 saturated carbocycles. The molecule has 0 amide bonds. The van der Waals surface area contributed by atoms with E-state index in [4.69, 9.17) is 4.74 Å². The van der Waals surface area contributed by atoms with E-state index in [1.165, 1.54) is 111 Å². The Morgan fingerprint density at radius 3 is 1.54 bits per heavy atom. The Morgan fingerprint density at radius 2 is 1.03 bits per heavy atom. The molecule has 6 N–H and O–H groups in total. The zero-order chi connectivity index (χ0) is 78.8. The Hall–Kier alpha value is -8.76. The second kappa shape index (κ2) is 38.6. The van der Waals surface area contributed by atoms with E-state index in [0.29, 0.717) is 48.6 Å². The van der Waals surface area contributed by atoms with E-state index in [-0.39, 0.29) is 29.0 Å². The van der Waals surface area contributed by atoms with Gasteiger partial charge in [0.05, 0.1) is 41.7 Å². The molecule has 3 aliphatic heterocycles. The highest BCUT2D eigenvalue weighted by molar-refractivity contribution is 7.91. The molecule has 9 heterocycles. The number of rotatable bonds is 27. The third-order valence-corrected chi connectivity index (χ3v) is 26.5. The maximum absolute atomic E-state index is 12.5. The van der Waals surface area contributed by atoms with Gasteiger partial charge in [0.1, 0.15) is 12.7 Å². The molecule has 6 aromatic carbocycles. The van der Waals surface area contributed by atoms with Crippen LogP contribution in [0.5, 0.6) is 0 Å². The quantitative estimate of drug-likeness (QED) is 0.0261. The average molecular weight is 1570 g/mol. The summed E-state index contributed by atoms with van der Waals surface area (Å²) in [7, 11) is 8.94. The number of aromatic nitrogens is 8. The van der Waals surface area contributed by atoms with Crippen molar-refractivity contribution in [1.29, 1.82) is 0 Å². The number of piperidine rings is 1. The Bertz CT molecular complexity index is 5350. The number of fused-ring (bicyclic) bond motifs is 5. The molecule has 6 aromatic heterocycles. The van der Waals surface area contributed by atoms with Crippen molar-refractivity contribution in [1.82, 2.24) is 68.9 Å². The van der Waals surface area contributed by atoms with Crippen LogP contribution >= 0.6 is 0 Å². The van der Waals surface area contributed by atoms with E-state index in [1.807, 2.05) is 61.4 Å². The predicted molar refractivity (Wildman–Crippen MR) is 451 cm³/mol. The van der Waals surface area contributed by atoms with Gasteiger partial charge in [-0.1, -0.05) is 55.5 Å². The zero-order valence-electron chi connectivity index (χ0n) is 66.4. The van der Waals surface area contributed by atoms with Crippen molar-refractivity contribution in [3.05, 3.63) is 221 Å². The van der Waals surface area contributed by atoms with Gasteiger partial charge in [-0.2, -0.15) is 5.10 Å². The smallest absolute Gasteiger partial charge is 0.306 e. The van der Waals surface area contributed by atoms with Gasteiger partial charge in [-0.15, -0.1) is 0 Å². The van der Waals surface area contributed by atoms with Crippen LogP contribution in [0.1, 0.15) is 101 Å². The van der Waals surface area contributed by atoms with Crippen LogP contribution < -0.4 is 4.72 Å². The van der Waals surface area contributed by atoms with E-state index in [0.717, 1.165) is 110 Å². The zero-order valence-corrected chi connectivity index (χ0v) is 68.8. The molecule has 25 heteroatoms. The van der Waals surface area contributed by atoms with Gasteiger partial charge in [0.25, 0.3) is 0 Å². The first-order valence-corrected chi connectivity index (χ1v) is 44.0. The number of likely N-dealkylation sites (tertiary alicyclic amines) is 2. The lowest BCUT2D eigenvalue weighted by Gasteiger charge is -2.28. The lowest BCUT2D eigenvalue weighted by molar-refractivity contribution is -0.137. The number of nitrogens with zero attached hydrogens (tertiary/aromatic N) is 8. The van der Waals surface area contributed by atoms with E-state index in [9.17, 15) is 30.0 Å². The number of esters is 1. The molecule has 111 heavy (non-hydrogen) atoms. The Morgan fingerprint density at radius 1 is 0.541 bits per heavy atom. The van der Waals surface area contributed by atoms with Crippen molar-refractivity contribution >= 4 is 90.2 Å². The second-order valence-corrected chi connectivity index (χ2v) is 37.5. The summed E-state index contributed by atoms with van der Waals surface area (Å²) in [5.41, 5.74) is 17.9. The summed E-state index contributed by atoms with van der Waals surface area (Å²) in [5.74, 6) is 1.43. The van der Waals surface area contributed by atoms with Gasteiger partial charge in [-0.25, -0.2) is 39.6 Å². The first-order valence-electron chi connectivity index (χ1n) is 38.9. The lowest BCUT2D eigenvalue weighted by atomic mass is 9.89. The van der Waals surface area contributed by atoms with Crippen LogP contribution in [0.25, 0.3) is 54.5 Å². The number of aryl methyl sites for hydroxylation is 2.